The van der Waals surface area contributed by atoms with E-state index in [4.69, 9.17) is 16.3 Å². The molecule has 11 heteroatoms. The van der Waals surface area contributed by atoms with Crippen LogP contribution in [0.25, 0.3) is 11.0 Å². The maximum atomic E-state index is 13.1. The van der Waals surface area contributed by atoms with Crippen LogP contribution in [0.3, 0.4) is 0 Å². The Morgan fingerprint density at radius 1 is 1.18 bits per heavy atom. The summed E-state index contributed by atoms with van der Waals surface area (Å²) >= 11 is 6.47. The number of ether oxygens (including phenoxy) is 1. The molecule has 1 aromatic heterocycles. The predicted octanol–water partition coefficient (Wildman–Crippen LogP) is 4.63. The Bertz CT molecular complexity index is 1450. The first-order chi connectivity index (χ1) is 18.2. The molecule has 2 aromatic carbocycles. The summed E-state index contributed by atoms with van der Waals surface area (Å²) in [6.07, 6.45) is 5.92. The fourth-order valence-corrected chi connectivity index (χ4v) is 7.70. The molecule has 0 amide bonds. The summed E-state index contributed by atoms with van der Waals surface area (Å²) in [5.41, 5.74) is 3.32. The van der Waals surface area contributed by atoms with E-state index in [0.717, 1.165) is 12.8 Å². The normalized spacial score (nSPS) is 20.9. The number of aliphatic carboxylic acids is 1. The minimum absolute atomic E-state index is 0.0475. The van der Waals surface area contributed by atoms with Gasteiger partial charge in [0.15, 0.2) is 0 Å². The van der Waals surface area contributed by atoms with Crippen molar-refractivity contribution in [1.82, 2.24) is 19.7 Å². The van der Waals surface area contributed by atoms with Gasteiger partial charge in [-0.3, -0.25) is 4.79 Å². The van der Waals surface area contributed by atoms with E-state index in [2.05, 4.69) is 15.0 Å². The molecule has 3 atom stereocenters. The molecule has 0 spiro atoms. The maximum absolute atomic E-state index is 13.1. The summed E-state index contributed by atoms with van der Waals surface area (Å²) in [5.74, 6) is 0.245. The highest BCUT2D eigenvalue weighted by Gasteiger charge is 2.39. The number of carboxylic acids is 1. The number of carboxylic acid groups (broad SMARTS) is 1. The lowest BCUT2D eigenvalue weighted by molar-refractivity contribution is -0.137. The average Bonchev–Trinajstić information content (AvgIpc) is 3.48. The van der Waals surface area contributed by atoms with Gasteiger partial charge in [-0.15, -0.1) is 5.10 Å². The molecule has 5 rings (SSSR count). The molecule has 1 unspecified atom stereocenters. The van der Waals surface area contributed by atoms with Gasteiger partial charge in [0.1, 0.15) is 16.8 Å². The van der Waals surface area contributed by atoms with Crippen molar-refractivity contribution in [2.45, 2.75) is 62.7 Å². The quantitative estimate of drug-likeness (QED) is 0.370. The van der Waals surface area contributed by atoms with Gasteiger partial charge in [0, 0.05) is 24.5 Å². The molecule has 0 bridgehead atoms. The zero-order chi connectivity index (χ0) is 27.0. The highest BCUT2D eigenvalue weighted by molar-refractivity contribution is 7.90. The highest BCUT2D eigenvalue weighted by atomic mass is 35.5. The first-order valence-electron chi connectivity index (χ1n) is 13.0. The molecule has 2 aliphatic rings. The molecular formula is C27H33ClN4O5S. The molecule has 38 heavy (non-hydrogen) atoms. The van der Waals surface area contributed by atoms with Crippen molar-refractivity contribution >= 4 is 38.6 Å². The molecule has 3 aromatic rings. The van der Waals surface area contributed by atoms with Crippen LogP contribution in [0.5, 0.6) is 5.75 Å². The van der Waals surface area contributed by atoms with Crippen LogP contribution in [-0.2, 0) is 28.4 Å². The second-order valence-electron chi connectivity index (χ2n) is 10.6. The molecule has 9 nitrogen and oxygen atoms in total. The molecule has 0 saturated heterocycles. The molecule has 204 valence electrons. The van der Waals surface area contributed by atoms with Gasteiger partial charge in [0.25, 0.3) is 0 Å². The van der Waals surface area contributed by atoms with Crippen LogP contribution >= 0.6 is 11.6 Å². The second kappa shape index (κ2) is 10.8. The number of methoxy groups -OCH3 is 1. The number of hydrogen-bond acceptors (Lipinski definition) is 6. The number of carbonyl (C=O) groups is 1. The van der Waals surface area contributed by atoms with Crippen LogP contribution in [-0.4, -0.2) is 46.8 Å². The first-order valence-corrected chi connectivity index (χ1v) is 14.9. The van der Waals surface area contributed by atoms with E-state index in [-0.39, 0.29) is 18.2 Å². The topological polar surface area (TPSA) is 123 Å². The maximum Gasteiger partial charge on any atom is 0.304 e. The fraction of sp³-hybridized carbons (Fsp3) is 0.519. The Hall–Kier alpha value is -2.69. The number of fused-ring (bicyclic) bond motifs is 1. The van der Waals surface area contributed by atoms with Gasteiger partial charge in [-0.1, -0.05) is 48.2 Å². The molecular weight excluding hydrogens is 528 g/mol. The van der Waals surface area contributed by atoms with Crippen molar-refractivity contribution in [2.75, 3.05) is 7.11 Å². The first kappa shape index (κ1) is 26.9. The van der Waals surface area contributed by atoms with Crippen molar-refractivity contribution in [2.24, 2.45) is 18.9 Å². The molecule has 0 radical (unpaired) electrons. The Morgan fingerprint density at radius 2 is 1.97 bits per heavy atom. The van der Waals surface area contributed by atoms with Crippen LogP contribution < -0.4 is 9.46 Å². The van der Waals surface area contributed by atoms with Crippen molar-refractivity contribution in [1.29, 1.82) is 0 Å². The van der Waals surface area contributed by atoms with E-state index in [1.54, 1.807) is 43.1 Å². The van der Waals surface area contributed by atoms with E-state index in [0.29, 0.717) is 56.8 Å². The third-order valence-electron chi connectivity index (χ3n) is 8.30. The average molecular weight is 561 g/mol. The number of nitrogens with one attached hydrogen (secondary N) is 1. The van der Waals surface area contributed by atoms with Crippen LogP contribution in [0.1, 0.15) is 67.6 Å². The lowest BCUT2D eigenvalue weighted by Crippen LogP contribution is -2.33. The number of halogens is 1. The number of nitrogens with zero attached hydrogens (tertiary/aromatic N) is 3. The Labute approximate surface area is 227 Å². The smallest absolute Gasteiger partial charge is 0.304 e. The monoisotopic (exact) mass is 560 g/mol. The van der Waals surface area contributed by atoms with E-state index in [9.17, 15) is 18.3 Å². The Balaban J connectivity index is 1.39. The van der Waals surface area contributed by atoms with Crippen molar-refractivity contribution < 1.29 is 23.1 Å². The van der Waals surface area contributed by atoms with Crippen LogP contribution in [0, 0.1) is 11.8 Å². The lowest BCUT2D eigenvalue weighted by Gasteiger charge is -2.31. The van der Waals surface area contributed by atoms with Gasteiger partial charge >= 0.3 is 5.97 Å². The SMILES string of the molecule is COc1cc([C@@H](CC(=O)O)c2ccc(Cl)c(CNS(=O)(=O)C3CC[C@@H](C4CCC4)C3)c2)cc2nnn(C)c12. The zero-order valence-corrected chi connectivity index (χ0v) is 23.1. The van der Waals surface area contributed by atoms with Gasteiger partial charge in [0.2, 0.25) is 10.0 Å². The minimum atomic E-state index is -3.50. The Morgan fingerprint density at radius 3 is 2.66 bits per heavy atom. The number of benzene rings is 2. The van der Waals surface area contributed by atoms with E-state index in [1.165, 1.54) is 19.3 Å². The van der Waals surface area contributed by atoms with Gasteiger partial charge < -0.3 is 9.84 Å². The Kier molecular flexibility index (Phi) is 7.66. The van der Waals surface area contributed by atoms with Crippen LogP contribution in [0.4, 0.5) is 0 Å². The van der Waals surface area contributed by atoms with Crippen molar-refractivity contribution in [3.8, 4) is 5.75 Å². The van der Waals surface area contributed by atoms with Crippen LogP contribution in [0.15, 0.2) is 30.3 Å². The van der Waals surface area contributed by atoms with Crippen molar-refractivity contribution in [3.63, 3.8) is 0 Å². The van der Waals surface area contributed by atoms with Crippen molar-refractivity contribution in [3.05, 3.63) is 52.0 Å². The lowest BCUT2D eigenvalue weighted by atomic mass is 9.75. The molecule has 2 fully saturated rings. The summed E-state index contributed by atoms with van der Waals surface area (Å²) in [5, 5.41) is 18.0. The third kappa shape index (κ3) is 5.39. The molecule has 2 aliphatic carbocycles. The van der Waals surface area contributed by atoms with Gasteiger partial charge in [0.05, 0.1) is 18.8 Å². The number of aryl methyl sites for hydroxylation is 1. The van der Waals surface area contributed by atoms with Gasteiger partial charge in [-0.25, -0.2) is 17.8 Å². The third-order valence-corrected chi connectivity index (χ3v) is 10.5. The van der Waals surface area contributed by atoms with E-state index in [1.807, 2.05) is 6.07 Å². The summed E-state index contributed by atoms with van der Waals surface area (Å²) in [7, 11) is -0.191. The number of sulfonamides is 1. The molecule has 2 saturated carbocycles. The fourth-order valence-electron chi connectivity index (χ4n) is 5.97. The van der Waals surface area contributed by atoms with Crippen LogP contribution in [0.2, 0.25) is 5.02 Å². The summed E-state index contributed by atoms with van der Waals surface area (Å²) in [6.45, 7) is 0.0475. The number of aromatic nitrogens is 3. The molecule has 1 heterocycles. The van der Waals surface area contributed by atoms with Gasteiger partial charge in [-0.05, 0) is 66.0 Å². The predicted molar refractivity (Wildman–Crippen MR) is 145 cm³/mol. The standard InChI is InChI=1S/C27H33ClN4O5S/c1-32-27-24(30-31-32)12-19(13-25(27)37-2)22(14-26(33)34)18-7-9-23(28)20(10-18)15-29-38(35,36)21-8-6-17(11-21)16-4-3-5-16/h7,9-10,12-13,16-17,21-22,29H,3-6,8,11,14-15H2,1-2H3,(H,33,34)/t17-,21?,22+/m1/s1. The summed E-state index contributed by atoms with van der Waals surface area (Å²) in [6, 6.07) is 8.87. The number of hydrogen-bond donors (Lipinski definition) is 2. The van der Waals surface area contributed by atoms with Gasteiger partial charge in [-0.2, -0.15) is 0 Å². The highest BCUT2D eigenvalue weighted by Crippen LogP contribution is 2.43. The van der Waals surface area contributed by atoms with E-state index >= 15 is 0 Å². The molecule has 2 N–H and O–H groups in total. The summed E-state index contributed by atoms with van der Waals surface area (Å²) in [4.78, 5) is 11.9. The second-order valence-corrected chi connectivity index (χ2v) is 13.0. The minimum Gasteiger partial charge on any atom is -0.494 e. The summed E-state index contributed by atoms with van der Waals surface area (Å²) < 4.78 is 36.2. The van der Waals surface area contributed by atoms with E-state index < -0.39 is 21.9 Å². The zero-order valence-electron chi connectivity index (χ0n) is 21.6. The molecule has 0 aliphatic heterocycles. The largest absolute Gasteiger partial charge is 0.494 e. The number of rotatable bonds is 10.